The highest BCUT2D eigenvalue weighted by atomic mass is 16.2. The molecule has 0 unspecified atom stereocenters. The van der Waals surface area contributed by atoms with Gasteiger partial charge in [-0.25, -0.2) is 4.79 Å². The average Bonchev–Trinajstić information content (AvgIpc) is 3.48. The second-order valence-electron chi connectivity index (χ2n) is 7.76. The summed E-state index contributed by atoms with van der Waals surface area (Å²) in [4.78, 5) is 17.4. The van der Waals surface area contributed by atoms with E-state index in [1.807, 2.05) is 0 Å². The fourth-order valence-corrected chi connectivity index (χ4v) is 4.01. The summed E-state index contributed by atoms with van der Waals surface area (Å²) in [5.74, 6) is 0.747. The van der Waals surface area contributed by atoms with Crippen LogP contribution < -0.4 is 10.2 Å². The van der Waals surface area contributed by atoms with Crippen LogP contribution in [-0.2, 0) is 0 Å². The number of nitrogens with zero attached hydrogens (tertiary/aromatic N) is 2. The molecule has 1 heterocycles. The van der Waals surface area contributed by atoms with Crippen molar-refractivity contribution in [2.24, 2.45) is 5.92 Å². The van der Waals surface area contributed by atoms with Crippen LogP contribution in [0.3, 0.4) is 0 Å². The van der Waals surface area contributed by atoms with Crippen molar-refractivity contribution in [3.05, 3.63) is 30.3 Å². The third-order valence-electron chi connectivity index (χ3n) is 5.86. The lowest BCUT2D eigenvalue weighted by Crippen LogP contribution is -2.52. The highest BCUT2D eigenvalue weighted by Gasteiger charge is 2.42. The van der Waals surface area contributed by atoms with Crippen molar-refractivity contribution in [2.75, 3.05) is 18.0 Å². The number of anilines is 1. The molecule has 2 amide bonds. The number of nitrogens with one attached hydrogen (secondary N) is 1. The molecule has 1 saturated heterocycles. The van der Waals surface area contributed by atoms with Crippen LogP contribution in [0.4, 0.5) is 10.5 Å². The molecule has 2 aliphatic carbocycles. The van der Waals surface area contributed by atoms with Gasteiger partial charge >= 0.3 is 6.03 Å². The molecule has 1 aliphatic heterocycles. The van der Waals surface area contributed by atoms with E-state index in [-0.39, 0.29) is 6.03 Å². The first-order valence-electron chi connectivity index (χ1n) is 9.61. The summed E-state index contributed by atoms with van der Waals surface area (Å²) in [7, 11) is 0. The molecule has 1 aromatic rings. The third kappa shape index (κ3) is 3.52. The standard InChI is InChI=1S/C20H29N3O/c1-15(16-7-8-16)23(19-9-10-19)20(24)21-17-11-13-22(14-12-17)18-5-3-2-4-6-18/h2-6,15-17,19H,7-14H2,1H3,(H,21,24)/t15-/m1/s1. The molecule has 4 nitrogen and oxygen atoms in total. The zero-order valence-electron chi connectivity index (χ0n) is 14.7. The van der Waals surface area contributed by atoms with Crippen molar-refractivity contribution in [3.8, 4) is 0 Å². The van der Waals surface area contributed by atoms with Crippen molar-refractivity contribution in [1.82, 2.24) is 10.2 Å². The van der Waals surface area contributed by atoms with Crippen molar-refractivity contribution in [3.63, 3.8) is 0 Å². The van der Waals surface area contributed by atoms with Gasteiger partial charge in [-0.1, -0.05) is 18.2 Å². The molecule has 0 spiro atoms. The van der Waals surface area contributed by atoms with E-state index < -0.39 is 0 Å². The minimum absolute atomic E-state index is 0.190. The quantitative estimate of drug-likeness (QED) is 0.896. The Kier molecular flexibility index (Phi) is 4.38. The normalized spacial score (nSPS) is 23.0. The summed E-state index contributed by atoms with van der Waals surface area (Å²) in [6.45, 7) is 4.29. The van der Waals surface area contributed by atoms with Gasteiger partial charge in [0.05, 0.1) is 0 Å². The zero-order valence-corrected chi connectivity index (χ0v) is 14.7. The maximum Gasteiger partial charge on any atom is 0.318 e. The number of piperidine rings is 1. The van der Waals surface area contributed by atoms with Crippen molar-refractivity contribution < 1.29 is 4.79 Å². The van der Waals surface area contributed by atoms with Crippen LogP contribution >= 0.6 is 0 Å². The number of benzene rings is 1. The highest BCUT2D eigenvalue weighted by molar-refractivity contribution is 5.75. The van der Waals surface area contributed by atoms with Gasteiger partial charge in [0.25, 0.3) is 0 Å². The van der Waals surface area contributed by atoms with Crippen LogP contribution in [0.5, 0.6) is 0 Å². The number of carbonyl (C=O) groups is 1. The van der Waals surface area contributed by atoms with Crippen LogP contribution in [0, 0.1) is 5.92 Å². The molecule has 3 aliphatic rings. The van der Waals surface area contributed by atoms with E-state index in [1.54, 1.807) is 0 Å². The summed E-state index contributed by atoms with van der Waals surface area (Å²) >= 11 is 0. The second kappa shape index (κ2) is 6.66. The van der Waals surface area contributed by atoms with Gasteiger partial charge in [0, 0.05) is 36.9 Å². The number of urea groups is 1. The molecule has 0 bridgehead atoms. The zero-order chi connectivity index (χ0) is 16.5. The minimum atomic E-state index is 0.190. The number of carbonyl (C=O) groups excluding carboxylic acids is 1. The molecule has 130 valence electrons. The number of amides is 2. The molecule has 1 aromatic carbocycles. The minimum Gasteiger partial charge on any atom is -0.371 e. The molecule has 1 N–H and O–H groups in total. The topological polar surface area (TPSA) is 35.6 Å². The van der Waals surface area contributed by atoms with E-state index in [9.17, 15) is 4.79 Å². The Labute approximate surface area is 145 Å². The first kappa shape index (κ1) is 15.8. The smallest absolute Gasteiger partial charge is 0.318 e. The predicted molar refractivity (Wildman–Crippen MR) is 97.3 cm³/mol. The molecular weight excluding hydrogens is 298 g/mol. The van der Waals surface area contributed by atoms with Gasteiger partial charge in [0.1, 0.15) is 0 Å². The number of hydrogen-bond donors (Lipinski definition) is 1. The Balaban J connectivity index is 1.30. The van der Waals surface area contributed by atoms with Crippen LogP contribution in [0.15, 0.2) is 30.3 Å². The van der Waals surface area contributed by atoms with Gasteiger partial charge in [-0.2, -0.15) is 0 Å². The monoisotopic (exact) mass is 327 g/mol. The van der Waals surface area contributed by atoms with E-state index in [4.69, 9.17) is 0 Å². The van der Waals surface area contributed by atoms with Crippen LogP contribution in [0.25, 0.3) is 0 Å². The summed E-state index contributed by atoms with van der Waals surface area (Å²) in [5.41, 5.74) is 1.30. The SMILES string of the molecule is C[C@H](C1CC1)N(C(=O)NC1CCN(c2ccccc2)CC1)C1CC1. The van der Waals surface area contributed by atoms with Crippen LogP contribution in [0.2, 0.25) is 0 Å². The van der Waals surface area contributed by atoms with Gasteiger partial charge in [-0.05, 0) is 63.5 Å². The maximum absolute atomic E-state index is 12.8. The summed E-state index contributed by atoms with van der Waals surface area (Å²) in [6, 6.07) is 12.0. The number of rotatable bonds is 5. The Morgan fingerprint density at radius 1 is 1.08 bits per heavy atom. The van der Waals surface area contributed by atoms with Crippen molar-refractivity contribution in [1.29, 1.82) is 0 Å². The first-order valence-corrected chi connectivity index (χ1v) is 9.61. The lowest BCUT2D eigenvalue weighted by atomic mass is 10.0. The van der Waals surface area contributed by atoms with E-state index >= 15 is 0 Å². The molecule has 3 fully saturated rings. The second-order valence-corrected chi connectivity index (χ2v) is 7.76. The lowest BCUT2D eigenvalue weighted by molar-refractivity contribution is 0.161. The van der Waals surface area contributed by atoms with Gasteiger partial charge in [0.2, 0.25) is 0 Å². The molecule has 0 radical (unpaired) electrons. The van der Waals surface area contributed by atoms with E-state index in [0.717, 1.165) is 31.8 Å². The first-order chi connectivity index (χ1) is 11.7. The molecule has 2 saturated carbocycles. The Bertz CT molecular complexity index is 560. The largest absolute Gasteiger partial charge is 0.371 e. The summed E-state index contributed by atoms with van der Waals surface area (Å²) < 4.78 is 0. The Hall–Kier alpha value is -1.71. The summed E-state index contributed by atoms with van der Waals surface area (Å²) in [5, 5.41) is 3.34. The van der Waals surface area contributed by atoms with Gasteiger partial charge in [0.15, 0.2) is 0 Å². The van der Waals surface area contributed by atoms with E-state index in [2.05, 4.69) is 52.4 Å². The Morgan fingerprint density at radius 3 is 2.33 bits per heavy atom. The maximum atomic E-state index is 12.8. The fraction of sp³-hybridized carbons (Fsp3) is 0.650. The van der Waals surface area contributed by atoms with Crippen LogP contribution in [0.1, 0.15) is 45.4 Å². The lowest BCUT2D eigenvalue weighted by Gasteiger charge is -2.36. The Morgan fingerprint density at radius 2 is 1.75 bits per heavy atom. The summed E-state index contributed by atoms with van der Waals surface area (Å²) in [6.07, 6.45) is 7.06. The van der Waals surface area contributed by atoms with Gasteiger partial charge in [-0.15, -0.1) is 0 Å². The van der Waals surface area contributed by atoms with Gasteiger partial charge < -0.3 is 15.1 Å². The van der Waals surface area contributed by atoms with Crippen LogP contribution in [-0.4, -0.2) is 42.1 Å². The number of hydrogen-bond acceptors (Lipinski definition) is 2. The fourth-order valence-electron chi connectivity index (χ4n) is 4.01. The number of para-hydroxylation sites is 1. The van der Waals surface area contributed by atoms with Crippen molar-refractivity contribution >= 4 is 11.7 Å². The molecular formula is C20H29N3O. The molecule has 24 heavy (non-hydrogen) atoms. The van der Waals surface area contributed by atoms with Crippen molar-refractivity contribution in [2.45, 2.75) is 63.6 Å². The predicted octanol–water partition coefficient (Wildman–Crippen LogP) is 3.63. The average molecular weight is 327 g/mol. The third-order valence-corrected chi connectivity index (χ3v) is 5.86. The molecule has 4 heteroatoms. The molecule has 4 rings (SSSR count). The van der Waals surface area contributed by atoms with Gasteiger partial charge in [-0.3, -0.25) is 0 Å². The van der Waals surface area contributed by atoms with E-state index in [0.29, 0.717) is 18.1 Å². The molecule has 0 aromatic heterocycles. The highest BCUT2D eigenvalue weighted by Crippen LogP contribution is 2.39. The van der Waals surface area contributed by atoms with E-state index in [1.165, 1.54) is 31.4 Å². The molecule has 1 atom stereocenters.